The molecule has 1 N–H and O–H groups in total. The van der Waals surface area contributed by atoms with Crippen molar-refractivity contribution in [1.82, 2.24) is 5.32 Å². The second kappa shape index (κ2) is 7.69. The molecule has 0 radical (unpaired) electrons. The fraction of sp³-hybridized carbons (Fsp3) is 0.250. The van der Waals surface area contributed by atoms with Crippen LogP contribution in [0.3, 0.4) is 0 Å². The van der Waals surface area contributed by atoms with Crippen molar-refractivity contribution < 1.29 is 9.47 Å². The van der Waals surface area contributed by atoms with Crippen LogP contribution >= 0.6 is 27.5 Å². The van der Waals surface area contributed by atoms with E-state index in [0.717, 1.165) is 16.6 Å². The molecule has 21 heavy (non-hydrogen) atoms. The van der Waals surface area contributed by atoms with Crippen LogP contribution in [0.15, 0.2) is 40.9 Å². The smallest absolute Gasteiger partial charge is 0.179 e. The lowest BCUT2D eigenvalue weighted by Gasteiger charge is -2.12. The minimum Gasteiger partial charge on any atom is -0.493 e. The Balaban J connectivity index is 2.00. The van der Waals surface area contributed by atoms with Crippen LogP contribution in [0, 0.1) is 0 Å². The summed E-state index contributed by atoms with van der Waals surface area (Å²) in [6.45, 7) is 1.50. The Kier molecular flexibility index (Phi) is 5.91. The topological polar surface area (TPSA) is 30.5 Å². The zero-order valence-corrected chi connectivity index (χ0v) is 14.3. The van der Waals surface area contributed by atoms with Crippen molar-refractivity contribution in [3.05, 3.63) is 57.0 Å². The average molecular weight is 371 g/mol. The number of hydrogen-bond acceptors (Lipinski definition) is 3. The number of benzene rings is 2. The molecule has 3 nitrogen and oxygen atoms in total. The van der Waals surface area contributed by atoms with E-state index in [4.69, 9.17) is 21.1 Å². The number of hydrogen-bond donors (Lipinski definition) is 1. The van der Waals surface area contributed by atoms with Gasteiger partial charge in [0, 0.05) is 17.6 Å². The highest BCUT2D eigenvalue weighted by atomic mass is 79.9. The van der Waals surface area contributed by atoms with Gasteiger partial charge in [0.15, 0.2) is 11.5 Å². The molecule has 0 saturated heterocycles. The van der Waals surface area contributed by atoms with E-state index in [1.54, 1.807) is 14.2 Å². The van der Waals surface area contributed by atoms with Gasteiger partial charge in [0.25, 0.3) is 0 Å². The van der Waals surface area contributed by atoms with E-state index in [2.05, 4.69) is 33.4 Å². The molecular weight excluding hydrogens is 354 g/mol. The maximum absolute atomic E-state index is 6.19. The van der Waals surface area contributed by atoms with Gasteiger partial charge in [-0.2, -0.15) is 0 Å². The monoisotopic (exact) mass is 369 g/mol. The molecule has 0 amide bonds. The highest BCUT2D eigenvalue weighted by Crippen LogP contribution is 2.35. The van der Waals surface area contributed by atoms with Gasteiger partial charge in [-0.1, -0.05) is 39.7 Å². The van der Waals surface area contributed by atoms with Crippen LogP contribution in [0.5, 0.6) is 11.5 Å². The van der Waals surface area contributed by atoms with Crippen LogP contribution in [-0.4, -0.2) is 14.2 Å². The molecule has 0 aromatic heterocycles. The van der Waals surface area contributed by atoms with Crippen molar-refractivity contribution in [2.24, 2.45) is 0 Å². The van der Waals surface area contributed by atoms with Gasteiger partial charge in [-0.25, -0.2) is 0 Å². The first kappa shape index (κ1) is 16.1. The van der Waals surface area contributed by atoms with E-state index in [-0.39, 0.29) is 0 Å². The molecule has 0 saturated carbocycles. The lowest BCUT2D eigenvalue weighted by atomic mass is 10.2. The molecule has 0 unspecified atom stereocenters. The number of nitrogens with one attached hydrogen (secondary N) is 1. The zero-order valence-electron chi connectivity index (χ0n) is 12.0. The zero-order chi connectivity index (χ0) is 15.2. The minimum atomic E-state index is 0.553. The van der Waals surface area contributed by atoms with Crippen molar-refractivity contribution in [3.8, 4) is 11.5 Å². The van der Waals surface area contributed by atoms with Crippen LogP contribution in [0.2, 0.25) is 5.02 Å². The summed E-state index contributed by atoms with van der Waals surface area (Å²) < 4.78 is 11.6. The minimum absolute atomic E-state index is 0.553. The van der Waals surface area contributed by atoms with Crippen LogP contribution in [-0.2, 0) is 13.1 Å². The molecule has 0 spiro atoms. The molecule has 5 heteroatoms. The van der Waals surface area contributed by atoms with Crippen molar-refractivity contribution in [1.29, 1.82) is 0 Å². The van der Waals surface area contributed by atoms with Gasteiger partial charge in [-0.05, 0) is 35.4 Å². The summed E-state index contributed by atoms with van der Waals surface area (Å²) >= 11 is 9.62. The Morgan fingerprint density at radius 3 is 2.29 bits per heavy atom. The third-order valence-corrected chi connectivity index (χ3v) is 3.87. The number of methoxy groups -OCH3 is 2. The lowest BCUT2D eigenvalue weighted by Crippen LogP contribution is -2.12. The Bertz CT molecular complexity index is 602. The summed E-state index contributed by atoms with van der Waals surface area (Å²) in [6, 6.07) is 12.0. The Hall–Kier alpha value is -1.23. The number of rotatable bonds is 6. The van der Waals surface area contributed by atoms with Crippen molar-refractivity contribution >= 4 is 27.5 Å². The summed E-state index contributed by atoms with van der Waals surface area (Å²) in [6.07, 6.45) is 0. The maximum atomic E-state index is 6.19. The van der Waals surface area contributed by atoms with Gasteiger partial charge < -0.3 is 14.8 Å². The molecule has 0 aliphatic carbocycles. The lowest BCUT2D eigenvalue weighted by molar-refractivity contribution is 0.354. The Morgan fingerprint density at radius 2 is 1.67 bits per heavy atom. The van der Waals surface area contributed by atoms with Crippen LogP contribution < -0.4 is 14.8 Å². The van der Waals surface area contributed by atoms with Crippen LogP contribution in [0.25, 0.3) is 0 Å². The first-order valence-corrected chi connectivity index (χ1v) is 7.66. The van der Waals surface area contributed by atoms with E-state index >= 15 is 0 Å². The molecule has 2 aromatic rings. The summed E-state index contributed by atoms with van der Waals surface area (Å²) in [5.74, 6) is 1.21. The van der Waals surface area contributed by atoms with Gasteiger partial charge in [0.1, 0.15) is 0 Å². The van der Waals surface area contributed by atoms with E-state index < -0.39 is 0 Å². The second-order valence-electron chi connectivity index (χ2n) is 4.54. The highest BCUT2D eigenvalue weighted by molar-refractivity contribution is 9.10. The molecule has 0 aliphatic heterocycles. The number of halogens is 2. The van der Waals surface area contributed by atoms with E-state index in [9.17, 15) is 0 Å². The second-order valence-corrected chi connectivity index (χ2v) is 5.87. The highest BCUT2D eigenvalue weighted by Gasteiger charge is 2.10. The Labute approximate surface area is 138 Å². The summed E-state index contributed by atoms with van der Waals surface area (Å²) in [5, 5.41) is 3.94. The molecule has 0 bridgehead atoms. The Morgan fingerprint density at radius 1 is 1.00 bits per heavy atom. The van der Waals surface area contributed by atoms with E-state index in [0.29, 0.717) is 23.1 Å². The molecule has 0 fully saturated rings. The molecule has 112 valence electrons. The first-order valence-electron chi connectivity index (χ1n) is 6.49. The molecule has 0 aliphatic rings. The third kappa shape index (κ3) is 4.37. The van der Waals surface area contributed by atoms with Gasteiger partial charge in [-0.3, -0.25) is 0 Å². The van der Waals surface area contributed by atoms with Gasteiger partial charge in [-0.15, -0.1) is 0 Å². The van der Waals surface area contributed by atoms with Gasteiger partial charge >= 0.3 is 0 Å². The summed E-state index contributed by atoms with van der Waals surface area (Å²) in [4.78, 5) is 0. The van der Waals surface area contributed by atoms with Gasteiger partial charge in [0.05, 0.1) is 19.2 Å². The largest absolute Gasteiger partial charge is 0.493 e. The third-order valence-electron chi connectivity index (χ3n) is 3.06. The molecule has 2 rings (SSSR count). The van der Waals surface area contributed by atoms with Crippen molar-refractivity contribution in [2.75, 3.05) is 14.2 Å². The van der Waals surface area contributed by atoms with Gasteiger partial charge in [0.2, 0.25) is 0 Å². The predicted molar refractivity (Wildman–Crippen MR) is 89.2 cm³/mol. The van der Waals surface area contributed by atoms with Crippen LogP contribution in [0.4, 0.5) is 0 Å². The summed E-state index contributed by atoms with van der Waals surface area (Å²) in [5.41, 5.74) is 2.28. The number of ether oxygens (including phenoxy) is 2. The first-order chi connectivity index (χ1) is 10.1. The average Bonchev–Trinajstić information content (AvgIpc) is 2.48. The maximum Gasteiger partial charge on any atom is 0.179 e. The fourth-order valence-corrected chi connectivity index (χ4v) is 2.60. The molecule has 2 aromatic carbocycles. The molecular formula is C16H17BrClNO2. The van der Waals surface area contributed by atoms with E-state index in [1.165, 1.54) is 5.56 Å². The van der Waals surface area contributed by atoms with E-state index in [1.807, 2.05) is 24.3 Å². The quantitative estimate of drug-likeness (QED) is 0.817. The van der Waals surface area contributed by atoms with Crippen LogP contribution in [0.1, 0.15) is 11.1 Å². The molecule has 0 heterocycles. The normalized spacial score (nSPS) is 10.5. The van der Waals surface area contributed by atoms with Crippen molar-refractivity contribution in [3.63, 3.8) is 0 Å². The predicted octanol–water partition coefficient (Wildman–Crippen LogP) is 4.41. The molecule has 0 atom stereocenters. The van der Waals surface area contributed by atoms with Crippen molar-refractivity contribution in [2.45, 2.75) is 13.1 Å². The standard InChI is InChI=1S/C16H17BrClNO2/c1-20-15-8-12(7-14(18)16(15)21-2)10-19-9-11-3-5-13(17)6-4-11/h3-8,19H,9-10H2,1-2H3. The SMILES string of the molecule is COc1cc(CNCc2ccc(Br)cc2)cc(Cl)c1OC. The summed E-state index contributed by atoms with van der Waals surface area (Å²) in [7, 11) is 3.18. The fourth-order valence-electron chi connectivity index (χ4n) is 2.03.